The number of carbonyl (C=O) groups is 1. The summed E-state index contributed by atoms with van der Waals surface area (Å²) in [6.07, 6.45) is 1.66. The lowest BCUT2D eigenvalue weighted by Gasteiger charge is -2.39. The number of likely N-dealkylation sites (tertiary alicyclic amines) is 1. The molecule has 2 aliphatic rings. The molecule has 2 aromatic rings. The molecule has 0 bridgehead atoms. The Morgan fingerprint density at radius 1 is 1.11 bits per heavy atom. The van der Waals surface area contributed by atoms with Crippen LogP contribution in [0.5, 0.6) is 0 Å². The molecule has 0 aliphatic carbocycles. The molecule has 2 aromatic carbocycles. The van der Waals surface area contributed by atoms with Crippen molar-refractivity contribution in [1.82, 2.24) is 10.2 Å². The van der Waals surface area contributed by atoms with Crippen LogP contribution in [0.15, 0.2) is 54.6 Å². The summed E-state index contributed by atoms with van der Waals surface area (Å²) < 4.78 is 6.17. The van der Waals surface area contributed by atoms with Crippen LogP contribution in [0.2, 0.25) is 0 Å². The molecule has 4 rings (SSSR count). The largest absolute Gasteiger partial charge is 0.394 e. The highest BCUT2D eigenvalue weighted by Crippen LogP contribution is 2.43. The van der Waals surface area contributed by atoms with Gasteiger partial charge in [0, 0.05) is 13.1 Å². The van der Waals surface area contributed by atoms with E-state index in [4.69, 9.17) is 4.74 Å². The normalized spacial score (nSPS) is 19.1. The van der Waals surface area contributed by atoms with Gasteiger partial charge in [0.05, 0.1) is 31.4 Å². The molecule has 1 saturated heterocycles. The molecule has 2 heterocycles. The van der Waals surface area contributed by atoms with Gasteiger partial charge < -0.3 is 14.7 Å². The van der Waals surface area contributed by atoms with Crippen molar-refractivity contribution >= 4 is 5.91 Å². The number of ether oxygens (including phenoxy) is 1. The van der Waals surface area contributed by atoms with Crippen molar-refractivity contribution in [2.24, 2.45) is 0 Å². The molecule has 2 N–H and O–H groups in total. The van der Waals surface area contributed by atoms with Gasteiger partial charge in [-0.3, -0.25) is 10.1 Å². The van der Waals surface area contributed by atoms with Gasteiger partial charge in [-0.05, 0) is 29.5 Å². The second-order valence-electron chi connectivity index (χ2n) is 7.35. The number of carbonyl (C=O) groups excluding carboxylic acids is 1. The molecule has 1 spiro atoms. The summed E-state index contributed by atoms with van der Waals surface area (Å²) in [6.45, 7) is 2.25. The first-order chi connectivity index (χ1) is 13.2. The van der Waals surface area contributed by atoms with Crippen LogP contribution >= 0.6 is 0 Å². The predicted octanol–water partition coefficient (Wildman–Crippen LogP) is 2.36. The third-order valence-corrected chi connectivity index (χ3v) is 5.82. The molecule has 27 heavy (non-hydrogen) atoms. The molecule has 2 aliphatic heterocycles. The molecule has 0 radical (unpaired) electrons. The Kier molecular flexibility index (Phi) is 5.25. The summed E-state index contributed by atoms with van der Waals surface area (Å²) in [6, 6.07) is 17.9. The van der Waals surface area contributed by atoms with Crippen LogP contribution in [-0.2, 0) is 21.7 Å². The maximum absolute atomic E-state index is 12.6. The van der Waals surface area contributed by atoms with E-state index in [1.54, 1.807) is 0 Å². The predicted molar refractivity (Wildman–Crippen MR) is 103 cm³/mol. The van der Waals surface area contributed by atoms with Gasteiger partial charge in [-0.25, -0.2) is 0 Å². The van der Waals surface area contributed by atoms with E-state index in [0.717, 1.165) is 18.4 Å². The molecule has 1 fully saturated rings. The first kappa shape index (κ1) is 18.2. The van der Waals surface area contributed by atoms with E-state index in [-0.39, 0.29) is 30.7 Å². The Balaban J connectivity index is 1.33. The molecule has 1 amide bonds. The third-order valence-electron chi connectivity index (χ3n) is 5.82. The minimum atomic E-state index is -0.226. The van der Waals surface area contributed by atoms with Gasteiger partial charge in [0.15, 0.2) is 0 Å². The van der Waals surface area contributed by atoms with E-state index in [9.17, 15) is 9.90 Å². The van der Waals surface area contributed by atoms with Crippen LogP contribution in [0.25, 0.3) is 0 Å². The van der Waals surface area contributed by atoms with E-state index >= 15 is 0 Å². The van der Waals surface area contributed by atoms with E-state index in [2.05, 4.69) is 29.6 Å². The lowest BCUT2D eigenvalue weighted by molar-refractivity contribution is -0.137. The van der Waals surface area contributed by atoms with Gasteiger partial charge in [0.2, 0.25) is 5.91 Å². The van der Waals surface area contributed by atoms with Gasteiger partial charge in [-0.1, -0.05) is 54.6 Å². The highest BCUT2D eigenvalue weighted by atomic mass is 16.5. The molecule has 5 nitrogen and oxygen atoms in total. The second-order valence-corrected chi connectivity index (χ2v) is 7.35. The lowest BCUT2D eigenvalue weighted by Crippen LogP contribution is -2.48. The number of hydrogen-bond acceptors (Lipinski definition) is 4. The van der Waals surface area contributed by atoms with E-state index in [0.29, 0.717) is 19.7 Å². The standard InChI is InChI=1S/C22H26N2O3/c25-15-20(17-6-2-1-3-7-17)23-14-21(26)24-12-10-22(11-13-24)19-9-5-4-8-18(19)16-27-22/h1-9,20,23,25H,10-16H2. The number of fused-ring (bicyclic) bond motifs is 2. The maximum atomic E-state index is 12.6. The van der Waals surface area contributed by atoms with Crippen molar-refractivity contribution in [3.8, 4) is 0 Å². The van der Waals surface area contributed by atoms with Gasteiger partial charge in [0.1, 0.15) is 0 Å². The van der Waals surface area contributed by atoms with Crippen LogP contribution in [-0.4, -0.2) is 42.2 Å². The number of amides is 1. The summed E-state index contributed by atoms with van der Waals surface area (Å²) in [5.74, 6) is 0.0745. The molecular weight excluding hydrogens is 340 g/mol. The number of rotatable bonds is 5. The Labute approximate surface area is 160 Å². The zero-order valence-electron chi connectivity index (χ0n) is 15.4. The fourth-order valence-electron chi connectivity index (χ4n) is 4.21. The van der Waals surface area contributed by atoms with Crippen LogP contribution in [0.4, 0.5) is 0 Å². The number of hydrogen-bond donors (Lipinski definition) is 2. The summed E-state index contributed by atoms with van der Waals surface area (Å²) in [5.41, 5.74) is 3.33. The van der Waals surface area contributed by atoms with Crippen LogP contribution in [0.1, 0.15) is 35.6 Å². The quantitative estimate of drug-likeness (QED) is 0.853. The van der Waals surface area contributed by atoms with Crippen LogP contribution in [0, 0.1) is 0 Å². The van der Waals surface area contributed by atoms with Crippen LogP contribution < -0.4 is 5.32 Å². The lowest BCUT2D eigenvalue weighted by atomic mass is 9.84. The summed E-state index contributed by atoms with van der Waals surface area (Å²) >= 11 is 0. The number of aliphatic hydroxyl groups is 1. The Hall–Kier alpha value is -2.21. The number of nitrogens with one attached hydrogen (secondary N) is 1. The second kappa shape index (κ2) is 7.80. The number of aliphatic hydroxyl groups excluding tert-OH is 1. The molecule has 142 valence electrons. The Morgan fingerprint density at radius 2 is 1.81 bits per heavy atom. The minimum absolute atomic E-state index is 0.0367. The topological polar surface area (TPSA) is 61.8 Å². The van der Waals surface area contributed by atoms with Crippen molar-refractivity contribution < 1.29 is 14.6 Å². The third kappa shape index (κ3) is 3.63. The zero-order valence-corrected chi connectivity index (χ0v) is 15.4. The van der Waals surface area contributed by atoms with Crippen molar-refractivity contribution in [1.29, 1.82) is 0 Å². The van der Waals surface area contributed by atoms with Gasteiger partial charge in [0.25, 0.3) is 0 Å². The number of piperidine rings is 1. The first-order valence-corrected chi connectivity index (χ1v) is 9.61. The van der Waals surface area contributed by atoms with E-state index in [1.165, 1.54) is 11.1 Å². The zero-order chi connectivity index (χ0) is 18.7. The van der Waals surface area contributed by atoms with Gasteiger partial charge in [-0.2, -0.15) is 0 Å². The first-order valence-electron chi connectivity index (χ1n) is 9.61. The van der Waals surface area contributed by atoms with Crippen molar-refractivity contribution in [2.45, 2.75) is 31.1 Å². The monoisotopic (exact) mass is 366 g/mol. The summed E-state index contributed by atoms with van der Waals surface area (Å²) in [5, 5.41) is 12.8. The van der Waals surface area contributed by atoms with Crippen molar-refractivity contribution in [3.63, 3.8) is 0 Å². The highest BCUT2D eigenvalue weighted by Gasteiger charge is 2.43. The molecule has 0 saturated carbocycles. The van der Waals surface area contributed by atoms with Gasteiger partial charge >= 0.3 is 0 Å². The molecular formula is C22H26N2O3. The molecule has 0 aromatic heterocycles. The van der Waals surface area contributed by atoms with E-state index in [1.807, 2.05) is 35.2 Å². The number of nitrogens with zero attached hydrogens (tertiary/aromatic N) is 1. The smallest absolute Gasteiger partial charge is 0.236 e. The molecule has 1 atom stereocenters. The highest BCUT2D eigenvalue weighted by molar-refractivity contribution is 5.78. The Morgan fingerprint density at radius 3 is 2.56 bits per heavy atom. The summed E-state index contributed by atoms with van der Waals surface area (Å²) in [7, 11) is 0. The maximum Gasteiger partial charge on any atom is 0.236 e. The van der Waals surface area contributed by atoms with Crippen molar-refractivity contribution in [2.75, 3.05) is 26.2 Å². The number of benzene rings is 2. The average molecular weight is 366 g/mol. The average Bonchev–Trinajstić information content (AvgIpc) is 3.08. The fourth-order valence-corrected chi connectivity index (χ4v) is 4.21. The van der Waals surface area contributed by atoms with Gasteiger partial charge in [-0.15, -0.1) is 0 Å². The van der Waals surface area contributed by atoms with Crippen molar-refractivity contribution in [3.05, 3.63) is 71.3 Å². The summed E-state index contributed by atoms with van der Waals surface area (Å²) in [4.78, 5) is 14.5. The SMILES string of the molecule is O=C(CNC(CO)c1ccccc1)N1CCC2(CC1)OCc1ccccc12. The molecule has 1 unspecified atom stereocenters. The fraction of sp³-hybridized carbons (Fsp3) is 0.409. The Bertz CT molecular complexity index is 785. The van der Waals surface area contributed by atoms with E-state index < -0.39 is 0 Å². The van der Waals surface area contributed by atoms with Crippen LogP contribution in [0.3, 0.4) is 0 Å². The molecule has 5 heteroatoms. The minimum Gasteiger partial charge on any atom is -0.394 e.